The number of aromatic hydroxyl groups is 1. The molecule has 0 spiro atoms. The third kappa shape index (κ3) is 5.08. The summed E-state index contributed by atoms with van der Waals surface area (Å²) >= 11 is 0. The first-order chi connectivity index (χ1) is 15.6. The Morgan fingerprint density at radius 2 is 1.94 bits per heavy atom. The largest absolute Gasteiger partial charge is 0.508 e. The van der Waals surface area contributed by atoms with Crippen LogP contribution >= 0.6 is 0 Å². The molecule has 33 heavy (non-hydrogen) atoms. The van der Waals surface area contributed by atoms with Crippen LogP contribution in [0.3, 0.4) is 0 Å². The van der Waals surface area contributed by atoms with E-state index in [0.717, 1.165) is 49.0 Å². The van der Waals surface area contributed by atoms with E-state index in [0.29, 0.717) is 50.3 Å². The molecule has 1 saturated heterocycles. The Morgan fingerprint density at radius 1 is 1.21 bits per heavy atom. The molecular formula is C28H41NO4. The number of morpholine rings is 1. The molecule has 1 aromatic carbocycles. The van der Waals surface area contributed by atoms with Crippen LogP contribution in [0, 0.1) is 5.92 Å². The Bertz CT molecular complexity index is 911. The van der Waals surface area contributed by atoms with Gasteiger partial charge < -0.3 is 19.5 Å². The third-order valence-electron chi connectivity index (χ3n) is 8.09. The number of unbranched alkanes of at least 4 members (excludes halogenated alkanes) is 1. The highest BCUT2D eigenvalue weighted by Gasteiger charge is 2.46. The van der Waals surface area contributed by atoms with Crippen molar-refractivity contribution in [1.82, 2.24) is 4.90 Å². The maximum Gasteiger partial charge on any atom is 0.222 e. The van der Waals surface area contributed by atoms with Gasteiger partial charge in [0.15, 0.2) is 0 Å². The lowest BCUT2D eigenvalue weighted by Crippen LogP contribution is -2.45. The van der Waals surface area contributed by atoms with E-state index in [1.807, 2.05) is 11.0 Å². The Labute approximate surface area is 199 Å². The summed E-state index contributed by atoms with van der Waals surface area (Å²) in [4.78, 5) is 14.3. The van der Waals surface area contributed by atoms with Gasteiger partial charge in [-0.15, -0.1) is 0 Å². The number of benzene rings is 1. The molecule has 5 heteroatoms. The number of fused-ring (bicyclic) bond motifs is 3. The lowest BCUT2D eigenvalue weighted by atomic mass is 9.66. The predicted molar refractivity (Wildman–Crippen MR) is 131 cm³/mol. The monoisotopic (exact) mass is 455 g/mol. The van der Waals surface area contributed by atoms with Gasteiger partial charge in [0.25, 0.3) is 0 Å². The Morgan fingerprint density at radius 3 is 2.67 bits per heavy atom. The molecule has 0 bridgehead atoms. The summed E-state index contributed by atoms with van der Waals surface area (Å²) in [5.74, 6) is 2.14. The number of phenolic OH excluding ortho intramolecular Hbond substituents is 1. The number of carbonyl (C=O) groups is 1. The van der Waals surface area contributed by atoms with Gasteiger partial charge in [-0.1, -0.05) is 31.9 Å². The summed E-state index contributed by atoms with van der Waals surface area (Å²) < 4.78 is 11.9. The molecule has 1 aromatic rings. The van der Waals surface area contributed by atoms with Gasteiger partial charge in [0.05, 0.1) is 13.2 Å². The number of rotatable bonds is 6. The zero-order valence-corrected chi connectivity index (χ0v) is 21.1. The van der Waals surface area contributed by atoms with E-state index in [1.54, 1.807) is 0 Å². The summed E-state index contributed by atoms with van der Waals surface area (Å²) in [5, 5.41) is 11.1. The molecule has 2 atom stereocenters. The second-order valence-electron chi connectivity index (χ2n) is 11.4. The van der Waals surface area contributed by atoms with Crippen molar-refractivity contribution < 1.29 is 19.4 Å². The molecule has 1 N–H and O–H groups in total. The highest BCUT2D eigenvalue weighted by Crippen LogP contribution is 2.54. The van der Waals surface area contributed by atoms with E-state index in [9.17, 15) is 9.90 Å². The van der Waals surface area contributed by atoms with Crippen LogP contribution < -0.4 is 4.74 Å². The number of nitrogens with zero attached hydrogens (tertiary/aromatic N) is 1. The third-order valence-corrected chi connectivity index (χ3v) is 8.09. The minimum atomic E-state index is -0.260. The maximum atomic E-state index is 12.4. The van der Waals surface area contributed by atoms with Crippen molar-refractivity contribution in [1.29, 1.82) is 0 Å². The number of phenols is 1. The smallest absolute Gasteiger partial charge is 0.222 e. The Kier molecular flexibility index (Phi) is 6.82. The molecule has 1 amide bonds. The number of carbonyl (C=O) groups excluding carboxylic acids is 1. The molecule has 3 aliphatic rings. The average Bonchev–Trinajstić information content (AvgIpc) is 2.76. The number of hydrogen-bond donors (Lipinski definition) is 1. The topological polar surface area (TPSA) is 59.0 Å². The fourth-order valence-corrected chi connectivity index (χ4v) is 5.91. The fraction of sp³-hybridized carbons (Fsp3) is 0.679. The summed E-state index contributed by atoms with van der Waals surface area (Å²) in [6, 6.07) is 4.13. The van der Waals surface area contributed by atoms with Crippen molar-refractivity contribution in [2.75, 3.05) is 26.3 Å². The van der Waals surface area contributed by atoms with Gasteiger partial charge in [0, 0.05) is 36.9 Å². The summed E-state index contributed by atoms with van der Waals surface area (Å²) in [5.41, 5.74) is 3.12. The van der Waals surface area contributed by atoms with Crippen LogP contribution in [0.15, 0.2) is 23.8 Å². The normalized spacial score (nSPS) is 24.4. The first-order valence-electron chi connectivity index (χ1n) is 12.7. The van der Waals surface area contributed by atoms with E-state index in [1.165, 1.54) is 5.57 Å². The first-order valence-corrected chi connectivity index (χ1v) is 12.7. The molecule has 0 radical (unpaired) electrons. The molecule has 1 aliphatic carbocycles. The molecule has 182 valence electrons. The molecule has 0 aromatic heterocycles. The van der Waals surface area contributed by atoms with Crippen LogP contribution in [0.1, 0.15) is 90.2 Å². The zero-order chi connectivity index (χ0) is 23.8. The van der Waals surface area contributed by atoms with E-state index < -0.39 is 0 Å². The van der Waals surface area contributed by atoms with E-state index in [-0.39, 0.29) is 16.9 Å². The van der Waals surface area contributed by atoms with Crippen LogP contribution in [0.4, 0.5) is 0 Å². The first kappa shape index (κ1) is 24.1. The molecule has 2 heterocycles. The Hall–Kier alpha value is -2.01. The highest BCUT2D eigenvalue weighted by atomic mass is 16.5. The van der Waals surface area contributed by atoms with Crippen molar-refractivity contribution in [3.63, 3.8) is 0 Å². The average molecular weight is 456 g/mol. The number of amides is 1. The number of hydrogen-bond acceptors (Lipinski definition) is 4. The van der Waals surface area contributed by atoms with Crippen molar-refractivity contribution >= 4 is 5.91 Å². The van der Waals surface area contributed by atoms with Crippen molar-refractivity contribution in [2.24, 2.45) is 5.92 Å². The zero-order valence-electron chi connectivity index (χ0n) is 21.1. The molecule has 2 aliphatic heterocycles. The lowest BCUT2D eigenvalue weighted by molar-refractivity contribution is -0.135. The van der Waals surface area contributed by atoms with Crippen molar-refractivity contribution in [3.05, 3.63) is 34.9 Å². The molecule has 1 fully saturated rings. The SMILES string of the molecule is CC1=CC[C@@H]2[C@@H](C1)c1c(O)cc(C(C)(C)CCCCC(=O)N3CCOCC3)cc1OC2(C)C. The van der Waals surface area contributed by atoms with Crippen LogP contribution in [-0.2, 0) is 14.9 Å². The Balaban J connectivity index is 1.44. The predicted octanol–water partition coefficient (Wildman–Crippen LogP) is 5.70. The minimum Gasteiger partial charge on any atom is -0.508 e. The van der Waals surface area contributed by atoms with E-state index in [4.69, 9.17) is 9.47 Å². The second-order valence-corrected chi connectivity index (χ2v) is 11.4. The standard InChI is InChI=1S/C28H41NO4/c1-19-9-10-22-21(16-19)26-23(30)17-20(18-24(26)33-28(22,4)5)27(2,3)11-7-6-8-25(31)29-12-14-32-15-13-29/h9,17-18,21-22,30H,6-8,10-16H2,1-5H3/t21-,22-/m1/s1. The molecule has 5 nitrogen and oxygen atoms in total. The quantitative estimate of drug-likeness (QED) is 0.442. The number of ether oxygens (including phenoxy) is 2. The van der Waals surface area contributed by atoms with Crippen molar-refractivity contribution in [3.8, 4) is 11.5 Å². The second kappa shape index (κ2) is 9.32. The van der Waals surface area contributed by atoms with Crippen LogP contribution in [-0.4, -0.2) is 47.8 Å². The fourth-order valence-electron chi connectivity index (χ4n) is 5.91. The summed E-state index contributed by atoms with van der Waals surface area (Å²) in [6.45, 7) is 13.7. The summed E-state index contributed by atoms with van der Waals surface area (Å²) in [7, 11) is 0. The van der Waals surface area contributed by atoms with Crippen LogP contribution in [0.2, 0.25) is 0 Å². The molecule has 4 rings (SSSR count). The van der Waals surface area contributed by atoms with Gasteiger partial charge in [-0.25, -0.2) is 0 Å². The van der Waals surface area contributed by atoms with E-state index in [2.05, 4.69) is 46.8 Å². The lowest BCUT2D eigenvalue weighted by Gasteiger charge is -2.47. The van der Waals surface area contributed by atoms with Gasteiger partial charge in [0.1, 0.15) is 17.1 Å². The van der Waals surface area contributed by atoms with Gasteiger partial charge >= 0.3 is 0 Å². The van der Waals surface area contributed by atoms with Crippen LogP contribution in [0.5, 0.6) is 11.5 Å². The molecular weight excluding hydrogens is 414 g/mol. The van der Waals surface area contributed by atoms with Crippen LogP contribution in [0.25, 0.3) is 0 Å². The van der Waals surface area contributed by atoms with Gasteiger partial charge in [-0.3, -0.25) is 4.79 Å². The highest BCUT2D eigenvalue weighted by molar-refractivity contribution is 5.76. The van der Waals surface area contributed by atoms with Gasteiger partial charge in [-0.05, 0) is 69.6 Å². The maximum absolute atomic E-state index is 12.4. The van der Waals surface area contributed by atoms with Crippen molar-refractivity contribution in [2.45, 2.75) is 90.1 Å². The number of allylic oxidation sites excluding steroid dienone is 2. The minimum absolute atomic E-state index is 0.110. The van der Waals surface area contributed by atoms with Gasteiger partial charge in [-0.2, -0.15) is 0 Å². The summed E-state index contributed by atoms with van der Waals surface area (Å²) in [6.07, 6.45) is 7.72. The molecule has 0 unspecified atom stereocenters. The van der Waals surface area contributed by atoms with E-state index >= 15 is 0 Å². The van der Waals surface area contributed by atoms with Gasteiger partial charge in [0.2, 0.25) is 5.91 Å². The molecule has 0 saturated carbocycles.